The van der Waals surface area contributed by atoms with Crippen molar-refractivity contribution in [2.45, 2.75) is 18.4 Å². The van der Waals surface area contributed by atoms with Gasteiger partial charge in [-0.05, 0) is 30.9 Å². The molecule has 0 aromatic carbocycles. The number of fused-ring (bicyclic) bond motifs is 1. The molecule has 1 saturated carbocycles. The summed E-state index contributed by atoms with van der Waals surface area (Å²) in [6.45, 7) is 1.84. The predicted octanol–water partition coefficient (Wildman–Crippen LogP) is 0.823. The van der Waals surface area contributed by atoms with E-state index in [-0.39, 0.29) is 12.6 Å². The summed E-state index contributed by atoms with van der Waals surface area (Å²) in [5.74, 6) is 1.07. The van der Waals surface area contributed by atoms with E-state index in [0.29, 0.717) is 42.6 Å². The van der Waals surface area contributed by atoms with Crippen molar-refractivity contribution in [3.8, 4) is 0 Å². The van der Waals surface area contributed by atoms with Crippen LogP contribution in [0.2, 0.25) is 0 Å². The number of aliphatic hydroxyl groups is 1. The average molecular weight is 333 g/mol. The fourth-order valence-corrected chi connectivity index (χ4v) is 2.92. The number of nitrogen functional groups attached to an aromatic ring is 1. The van der Waals surface area contributed by atoms with Crippen LogP contribution in [0.5, 0.6) is 0 Å². The number of methoxy groups -OCH3 is 1. The normalized spacial score (nSPS) is 22.7. The Morgan fingerprint density at radius 2 is 2.25 bits per heavy atom. The number of nitrogens with two attached hydrogens (primary N) is 1. The Hall–Kier alpha value is -2.03. The van der Waals surface area contributed by atoms with E-state index < -0.39 is 5.54 Å². The number of nitrogens with one attached hydrogen (secondary N) is 1. The lowest BCUT2D eigenvalue weighted by Gasteiger charge is -2.18. The zero-order chi connectivity index (χ0) is 17.0. The highest BCUT2D eigenvalue weighted by atomic mass is 16.5. The number of ether oxygens (including phenoxy) is 2. The van der Waals surface area contributed by atoms with Crippen LogP contribution >= 0.6 is 0 Å². The lowest BCUT2D eigenvalue weighted by Crippen LogP contribution is -2.30. The summed E-state index contributed by atoms with van der Waals surface area (Å²) in [4.78, 5) is 12.8. The van der Waals surface area contributed by atoms with E-state index in [1.807, 2.05) is 6.07 Å². The van der Waals surface area contributed by atoms with Crippen molar-refractivity contribution >= 4 is 22.8 Å². The van der Waals surface area contributed by atoms with Gasteiger partial charge in [0, 0.05) is 19.9 Å². The van der Waals surface area contributed by atoms with Gasteiger partial charge >= 0.3 is 0 Å². The molecule has 1 aliphatic rings. The molecule has 0 radical (unpaired) electrons. The zero-order valence-corrected chi connectivity index (χ0v) is 13.7. The second-order valence-corrected chi connectivity index (χ2v) is 6.04. The monoisotopic (exact) mass is 333 g/mol. The van der Waals surface area contributed by atoms with E-state index in [9.17, 15) is 5.11 Å². The molecule has 0 saturated heterocycles. The van der Waals surface area contributed by atoms with Crippen molar-refractivity contribution in [2.24, 2.45) is 5.92 Å². The number of hydrogen-bond donors (Lipinski definition) is 3. The summed E-state index contributed by atoms with van der Waals surface area (Å²) in [7, 11) is 1.65. The van der Waals surface area contributed by atoms with Gasteiger partial charge in [0.1, 0.15) is 5.52 Å². The zero-order valence-electron chi connectivity index (χ0n) is 13.7. The van der Waals surface area contributed by atoms with Crippen molar-refractivity contribution < 1.29 is 14.6 Å². The maximum absolute atomic E-state index is 9.85. The van der Waals surface area contributed by atoms with E-state index >= 15 is 0 Å². The van der Waals surface area contributed by atoms with E-state index in [1.165, 1.54) is 0 Å². The molecule has 2 aromatic rings. The second kappa shape index (κ2) is 7.25. The Bertz CT molecular complexity index is 698. The molecule has 24 heavy (non-hydrogen) atoms. The van der Waals surface area contributed by atoms with Crippen LogP contribution in [0.25, 0.3) is 11.0 Å². The van der Waals surface area contributed by atoms with E-state index in [1.54, 1.807) is 19.4 Å². The molecule has 0 bridgehead atoms. The largest absolute Gasteiger partial charge is 0.394 e. The molecular weight excluding hydrogens is 310 g/mol. The van der Waals surface area contributed by atoms with Crippen LogP contribution in [0.3, 0.4) is 0 Å². The smallest absolute Gasteiger partial charge is 0.222 e. The SMILES string of the molecule is COCCOCC[C@@H]1C[C@@]1(CO)Nc1nc(N)nc2cccnc12. The highest BCUT2D eigenvalue weighted by molar-refractivity contribution is 5.86. The Labute approximate surface area is 140 Å². The average Bonchev–Trinajstić information content (AvgIpc) is 3.27. The van der Waals surface area contributed by atoms with Crippen LogP contribution in [0.15, 0.2) is 18.3 Å². The van der Waals surface area contributed by atoms with Gasteiger partial charge in [-0.15, -0.1) is 0 Å². The molecule has 4 N–H and O–H groups in total. The molecule has 2 atom stereocenters. The topological polar surface area (TPSA) is 115 Å². The van der Waals surface area contributed by atoms with Gasteiger partial charge in [0.25, 0.3) is 0 Å². The number of aromatic nitrogens is 3. The van der Waals surface area contributed by atoms with Crippen LogP contribution in [0.1, 0.15) is 12.8 Å². The fourth-order valence-electron chi connectivity index (χ4n) is 2.92. The molecule has 8 heteroatoms. The number of rotatable bonds is 9. The summed E-state index contributed by atoms with van der Waals surface area (Å²) >= 11 is 0. The molecule has 1 aliphatic carbocycles. The minimum absolute atomic E-state index is 0.0218. The Morgan fingerprint density at radius 3 is 3.04 bits per heavy atom. The van der Waals surface area contributed by atoms with Crippen LogP contribution in [0, 0.1) is 5.92 Å². The number of pyridine rings is 1. The van der Waals surface area contributed by atoms with Crippen molar-refractivity contribution in [3.63, 3.8) is 0 Å². The van der Waals surface area contributed by atoms with Gasteiger partial charge in [-0.1, -0.05) is 0 Å². The molecular formula is C16H23N5O3. The lowest BCUT2D eigenvalue weighted by atomic mass is 10.1. The standard InChI is InChI=1S/C16H23N5O3/c1-23-7-8-24-6-4-11-9-16(11,10-22)21-14-13-12(3-2-5-18-13)19-15(17)20-14/h2-3,5,11,22H,4,6-10H2,1H3,(H3,17,19,20,21)/t11-,16+/m1/s1. The van der Waals surface area contributed by atoms with Crippen molar-refractivity contribution in [2.75, 3.05) is 44.6 Å². The maximum atomic E-state index is 9.85. The fraction of sp³-hybridized carbons (Fsp3) is 0.562. The van der Waals surface area contributed by atoms with Crippen molar-refractivity contribution in [3.05, 3.63) is 18.3 Å². The van der Waals surface area contributed by atoms with E-state index in [2.05, 4.69) is 20.3 Å². The van der Waals surface area contributed by atoms with E-state index in [0.717, 1.165) is 12.8 Å². The number of nitrogens with zero attached hydrogens (tertiary/aromatic N) is 3. The van der Waals surface area contributed by atoms with Gasteiger partial charge in [0.15, 0.2) is 5.82 Å². The van der Waals surface area contributed by atoms with Crippen LogP contribution in [-0.4, -0.2) is 59.1 Å². The summed E-state index contributed by atoms with van der Waals surface area (Å²) in [5, 5.41) is 13.2. The van der Waals surface area contributed by atoms with Gasteiger partial charge < -0.3 is 25.6 Å². The number of hydrogen-bond acceptors (Lipinski definition) is 8. The third kappa shape index (κ3) is 3.55. The molecule has 0 spiro atoms. The first-order valence-electron chi connectivity index (χ1n) is 8.02. The third-order valence-electron chi connectivity index (χ3n) is 4.40. The summed E-state index contributed by atoms with van der Waals surface area (Å²) < 4.78 is 10.5. The lowest BCUT2D eigenvalue weighted by molar-refractivity contribution is 0.0665. The second-order valence-electron chi connectivity index (χ2n) is 6.04. The molecule has 1 fully saturated rings. The molecule has 2 heterocycles. The highest BCUT2D eigenvalue weighted by Gasteiger charge is 2.53. The van der Waals surface area contributed by atoms with Gasteiger partial charge in [0.2, 0.25) is 5.95 Å². The minimum atomic E-state index is -0.393. The first kappa shape index (κ1) is 16.8. The van der Waals surface area contributed by atoms with Gasteiger partial charge in [-0.3, -0.25) is 4.98 Å². The summed E-state index contributed by atoms with van der Waals surface area (Å²) in [6, 6.07) is 3.64. The molecule has 3 rings (SSSR count). The van der Waals surface area contributed by atoms with Crippen LogP contribution in [0.4, 0.5) is 11.8 Å². The molecule has 8 nitrogen and oxygen atoms in total. The first-order valence-corrected chi connectivity index (χ1v) is 8.02. The Balaban J connectivity index is 1.67. The quantitative estimate of drug-likeness (QED) is 0.578. The number of aliphatic hydroxyl groups excluding tert-OH is 1. The van der Waals surface area contributed by atoms with Crippen LogP contribution < -0.4 is 11.1 Å². The molecule has 0 amide bonds. The third-order valence-corrected chi connectivity index (χ3v) is 4.40. The van der Waals surface area contributed by atoms with Crippen molar-refractivity contribution in [1.29, 1.82) is 0 Å². The Morgan fingerprint density at radius 1 is 1.38 bits per heavy atom. The van der Waals surface area contributed by atoms with Crippen LogP contribution in [-0.2, 0) is 9.47 Å². The number of anilines is 2. The maximum Gasteiger partial charge on any atom is 0.222 e. The highest BCUT2D eigenvalue weighted by Crippen LogP contribution is 2.48. The molecule has 2 aromatic heterocycles. The predicted molar refractivity (Wildman–Crippen MR) is 90.6 cm³/mol. The molecule has 0 unspecified atom stereocenters. The van der Waals surface area contributed by atoms with Gasteiger partial charge in [-0.25, -0.2) is 4.98 Å². The summed E-state index contributed by atoms with van der Waals surface area (Å²) in [5.41, 5.74) is 6.72. The van der Waals surface area contributed by atoms with E-state index in [4.69, 9.17) is 15.2 Å². The van der Waals surface area contributed by atoms with Gasteiger partial charge in [-0.2, -0.15) is 4.98 Å². The minimum Gasteiger partial charge on any atom is -0.394 e. The van der Waals surface area contributed by atoms with Crippen molar-refractivity contribution in [1.82, 2.24) is 15.0 Å². The molecule has 0 aliphatic heterocycles. The first-order chi connectivity index (χ1) is 11.7. The van der Waals surface area contributed by atoms with Gasteiger partial charge in [0.05, 0.1) is 30.9 Å². The Kier molecular flexibility index (Phi) is 5.08. The summed E-state index contributed by atoms with van der Waals surface area (Å²) in [6.07, 6.45) is 3.41. The molecule has 130 valence electrons.